The molecule has 0 saturated heterocycles. The average molecular weight is 311 g/mol. The van der Waals surface area contributed by atoms with E-state index in [0.29, 0.717) is 0 Å². The summed E-state index contributed by atoms with van der Waals surface area (Å²) >= 11 is 0. The Morgan fingerprint density at radius 1 is 0.909 bits per heavy atom. The van der Waals surface area contributed by atoms with Gasteiger partial charge < -0.3 is 9.47 Å². The quantitative estimate of drug-likeness (QED) is 0.211. The molecule has 0 N–H and O–H groups in total. The fraction of sp³-hybridized carbons (Fsp3) is 0.583. The van der Waals surface area contributed by atoms with Crippen LogP contribution in [0.15, 0.2) is 15.0 Å². The van der Waals surface area contributed by atoms with Crippen molar-refractivity contribution in [3.8, 4) is 0 Å². The van der Waals surface area contributed by atoms with Crippen LogP contribution in [-0.4, -0.2) is 62.5 Å². The number of hydrogen-bond donors (Lipinski definition) is 0. The Kier molecular flexibility index (Phi) is 11.3. The normalized spacial score (nSPS) is 10.2. The minimum absolute atomic E-state index is 0.00947. The number of rotatable bonds is 11. The van der Waals surface area contributed by atoms with Crippen molar-refractivity contribution in [2.75, 3.05) is 26.3 Å². The molecule has 22 heavy (non-hydrogen) atoms. The highest BCUT2D eigenvalue weighted by atomic mass is 16.5. The van der Waals surface area contributed by atoms with E-state index in [1.807, 2.05) is 0 Å². The monoisotopic (exact) mass is 311 g/mol. The van der Waals surface area contributed by atoms with Gasteiger partial charge in [0.1, 0.15) is 13.2 Å². The summed E-state index contributed by atoms with van der Waals surface area (Å²) in [5.74, 6) is -1.49. The molecule has 0 rings (SSSR count). The van der Waals surface area contributed by atoms with Gasteiger partial charge in [-0.05, 0) is 6.42 Å². The molecule has 0 bridgehead atoms. The molecule has 1 atom stereocenters. The van der Waals surface area contributed by atoms with Gasteiger partial charge in [0.25, 0.3) is 0 Å². The summed E-state index contributed by atoms with van der Waals surface area (Å²) in [6, 6.07) is -1.20. The maximum Gasteiger partial charge on any atom is 0.331 e. The second-order valence-corrected chi connectivity index (χ2v) is 3.61. The van der Waals surface area contributed by atoms with Crippen molar-refractivity contribution in [3.63, 3.8) is 0 Å². The lowest BCUT2D eigenvalue weighted by Gasteiger charge is -2.09. The molecule has 10 heteroatoms. The van der Waals surface area contributed by atoms with E-state index in [0.717, 1.165) is 0 Å². The highest BCUT2D eigenvalue weighted by Gasteiger charge is 2.20. The third kappa shape index (κ3) is 9.94. The second kappa shape index (κ2) is 13.1. The van der Waals surface area contributed by atoms with Crippen LogP contribution < -0.4 is 0 Å². The van der Waals surface area contributed by atoms with Crippen LogP contribution in [-0.2, 0) is 33.4 Å². The second-order valence-electron chi connectivity index (χ2n) is 3.61. The highest BCUT2D eigenvalue weighted by molar-refractivity contribution is 5.78. The zero-order valence-corrected chi connectivity index (χ0v) is 11.5. The maximum atomic E-state index is 11.6. The number of nitrogens with zero attached hydrogens (tertiary/aromatic N) is 3. The van der Waals surface area contributed by atoms with Crippen LogP contribution in [0, 0.1) is 0 Å². The van der Waals surface area contributed by atoms with Crippen LogP contribution >= 0.6 is 0 Å². The van der Waals surface area contributed by atoms with Crippen molar-refractivity contribution >= 4 is 30.2 Å². The number of carbonyl (C=O) groups excluding carboxylic acids is 5. The van der Waals surface area contributed by atoms with Crippen molar-refractivity contribution in [1.29, 1.82) is 0 Å². The molecule has 0 radical (unpaired) electrons. The Labute approximate surface area is 124 Å². The number of isocyanates is 3. The molecule has 0 aliphatic heterocycles. The summed E-state index contributed by atoms with van der Waals surface area (Å²) in [6.45, 7) is -0.340. The predicted octanol–water partition coefficient (Wildman–Crippen LogP) is -0.771. The third-order valence-electron chi connectivity index (χ3n) is 2.15. The summed E-state index contributed by atoms with van der Waals surface area (Å²) < 4.78 is 9.41. The molecule has 0 aromatic rings. The average Bonchev–Trinajstić information content (AvgIpc) is 2.52. The zero-order chi connectivity index (χ0) is 16.6. The molecule has 0 aromatic carbocycles. The van der Waals surface area contributed by atoms with Gasteiger partial charge >= 0.3 is 11.9 Å². The zero-order valence-electron chi connectivity index (χ0n) is 11.5. The predicted molar refractivity (Wildman–Crippen MR) is 69.0 cm³/mol. The maximum absolute atomic E-state index is 11.6. The highest BCUT2D eigenvalue weighted by Crippen LogP contribution is 2.05. The molecule has 0 aromatic heterocycles. The number of ether oxygens (including phenoxy) is 2. The van der Waals surface area contributed by atoms with Gasteiger partial charge in [-0.2, -0.15) is 4.99 Å². The van der Waals surface area contributed by atoms with Crippen molar-refractivity contribution < 1.29 is 33.4 Å². The molecular weight excluding hydrogens is 298 g/mol. The van der Waals surface area contributed by atoms with Crippen molar-refractivity contribution in [2.24, 2.45) is 15.0 Å². The first-order valence-electron chi connectivity index (χ1n) is 6.12. The molecule has 0 aliphatic carbocycles. The van der Waals surface area contributed by atoms with Crippen LogP contribution in [0.3, 0.4) is 0 Å². The molecule has 118 valence electrons. The van der Waals surface area contributed by atoms with E-state index in [9.17, 15) is 24.0 Å². The Hall–Kier alpha value is -2.92. The number of hydrogen-bond acceptors (Lipinski definition) is 10. The van der Waals surface area contributed by atoms with Gasteiger partial charge in [0, 0.05) is 6.42 Å². The largest absolute Gasteiger partial charge is 0.464 e. The lowest BCUT2D eigenvalue weighted by Crippen LogP contribution is -2.24. The minimum atomic E-state index is -1.20. The van der Waals surface area contributed by atoms with Gasteiger partial charge in [0.2, 0.25) is 18.2 Å². The first-order valence-corrected chi connectivity index (χ1v) is 6.12. The van der Waals surface area contributed by atoms with Gasteiger partial charge in [-0.3, -0.25) is 4.79 Å². The fourth-order valence-corrected chi connectivity index (χ4v) is 1.21. The van der Waals surface area contributed by atoms with Crippen molar-refractivity contribution in [1.82, 2.24) is 0 Å². The van der Waals surface area contributed by atoms with E-state index in [1.54, 1.807) is 0 Å². The molecule has 0 unspecified atom stereocenters. The van der Waals surface area contributed by atoms with Gasteiger partial charge in [0.05, 0.1) is 13.1 Å². The molecular formula is C12H13N3O7. The summed E-state index contributed by atoms with van der Waals surface area (Å²) in [6.07, 6.45) is 3.46. The SMILES string of the molecule is O=C=NCCOC(=O)CC[C@H](N=C=O)C(=O)OCCN=C=O. The smallest absolute Gasteiger partial charge is 0.331 e. The van der Waals surface area contributed by atoms with E-state index < -0.39 is 18.0 Å². The Morgan fingerprint density at radius 3 is 2.05 bits per heavy atom. The lowest BCUT2D eigenvalue weighted by atomic mass is 10.1. The van der Waals surface area contributed by atoms with E-state index >= 15 is 0 Å². The Balaban J connectivity index is 4.19. The van der Waals surface area contributed by atoms with Crippen LogP contribution in [0.4, 0.5) is 0 Å². The van der Waals surface area contributed by atoms with Gasteiger partial charge in [-0.1, -0.05) is 0 Å². The summed E-state index contributed by atoms with van der Waals surface area (Å²) in [5, 5.41) is 0. The molecule has 0 fully saturated rings. The van der Waals surface area contributed by atoms with E-state index in [2.05, 4.69) is 15.0 Å². The molecule has 0 spiro atoms. The fourth-order valence-electron chi connectivity index (χ4n) is 1.21. The standard InChI is InChI=1S/C12H13N3O7/c16-7-13-3-5-21-11(19)2-1-10(15-9-18)12(20)22-6-4-14-8-17/h10H,1-6H2/t10-/m0/s1. The van der Waals surface area contributed by atoms with Crippen LogP contribution in [0.5, 0.6) is 0 Å². The Morgan fingerprint density at radius 2 is 1.50 bits per heavy atom. The Bertz CT molecular complexity index is 515. The summed E-state index contributed by atoms with van der Waals surface area (Å²) in [4.78, 5) is 62.3. The summed E-state index contributed by atoms with van der Waals surface area (Å²) in [7, 11) is 0. The number of carbonyl (C=O) groups is 2. The van der Waals surface area contributed by atoms with Crippen LogP contribution in [0.2, 0.25) is 0 Å². The molecule has 0 saturated carbocycles. The molecule has 10 nitrogen and oxygen atoms in total. The minimum Gasteiger partial charge on any atom is -0.464 e. The van der Waals surface area contributed by atoms with Crippen LogP contribution in [0.25, 0.3) is 0 Å². The summed E-state index contributed by atoms with van der Waals surface area (Å²) in [5.41, 5.74) is 0. The van der Waals surface area contributed by atoms with Crippen molar-refractivity contribution in [3.05, 3.63) is 0 Å². The van der Waals surface area contributed by atoms with Gasteiger partial charge in [-0.25, -0.2) is 29.2 Å². The van der Waals surface area contributed by atoms with Gasteiger partial charge in [0.15, 0.2) is 6.04 Å². The molecule has 0 amide bonds. The van der Waals surface area contributed by atoms with E-state index in [1.165, 1.54) is 18.2 Å². The topological polar surface area (TPSA) is 141 Å². The number of aliphatic imine (C=N–C) groups is 3. The number of esters is 2. The van der Waals surface area contributed by atoms with E-state index in [-0.39, 0.29) is 39.1 Å². The lowest BCUT2D eigenvalue weighted by molar-refractivity contribution is -0.146. The van der Waals surface area contributed by atoms with Gasteiger partial charge in [-0.15, -0.1) is 0 Å². The third-order valence-corrected chi connectivity index (χ3v) is 2.15. The first-order chi connectivity index (χ1) is 10.7. The molecule has 0 aliphatic rings. The molecule has 0 heterocycles. The first kappa shape index (κ1) is 19.1. The van der Waals surface area contributed by atoms with Crippen molar-refractivity contribution in [2.45, 2.75) is 18.9 Å². The van der Waals surface area contributed by atoms with Crippen LogP contribution in [0.1, 0.15) is 12.8 Å². The van der Waals surface area contributed by atoms with E-state index in [4.69, 9.17) is 9.47 Å².